The number of para-hydroxylation sites is 1. The highest BCUT2D eigenvalue weighted by molar-refractivity contribution is 7.99. The van der Waals surface area contributed by atoms with E-state index in [4.69, 9.17) is 26.8 Å². The van der Waals surface area contributed by atoms with Crippen molar-refractivity contribution in [2.24, 2.45) is 5.10 Å². The molecule has 0 bridgehead atoms. The molecule has 0 saturated carbocycles. The number of anilines is 1. The van der Waals surface area contributed by atoms with Crippen LogP contribution >= 0.6 is 23.4 Å². The number of hydrogen-bond donors (Lipinski definition) is 2. The molecule has 2 rings (SSSR count). The SMILES string of the molecule is COC1=CC(OC)=NN(C(C)(SC)c2cccc(Cl)c2N)N1. The second-order valence-corrected chi connectivity index (χ2v) is 6.28. The summed E-state index contributed by atoms with van der Waals surface area (Å²) in [6.07, 6.45) is 3.63. The van der Waals surface area contributed by atoms with E-state index in [0.717, 1.165) is 5.56 Å². The second-order valence-electron chi connectivity index (χ2n) is 4.67. The van der Waals surface area contributed by atoms with Crippen molar-refractivity contribution in [2.75, 3.05) is 26.2 Å². The molecule has 6 nitrogen and oxygen atoms in total. The minimum Gasteiger partial charge on any atom is -0.481 e. The number of benzene rings is 1. The third-order valence-electron chi connectivity index (χ3n) is 3.45. The number of thioether (sulfide) groups is 1. The molecule has 0 saturated heterocycles. The number of nitrogens with two attached hydrogens (primary N) is 1. The van der Waals surface area contributed by atoms with Crippen molar-refractivity contribution in [3.8, 4) is 0 Å². The molecule has 0 radical (unpaired) electrons. The molecule has 120 valence electrons. The van der Waals surface area contributed by atoms with Gasteiger partial charge in [0.2, 0.25) is 11.8 Å². The molecule has 1 aromatic rings. The Morgan fingerprint density at radius 2 is 2.09 bits per heavy atom. The van der Waals surface area contributed by atoms with Crippen LogP contribution < -0.4 is 11.2 Å². The van der Waals surface area contributed by atoms with E-state index in [2.05, 4.69) is 10.5 Å². The Morgan fingerprint density at radius 3 is 2.68 bits per heavy atom. The lowest BCUT2D eigenvalue weighted by Crippen LogP contribution is -2.49. The number of nitrogens with one attached hydrogen (secondary N) is 1. The number of rotatable bonds is 4. The van der Waals surface area contributed by atoms with Gasteiger partial charge in [0, 0.05) is 5.56 Å². The van der Waals surface area contributed by atoms with Gasteiger partial charge in [-0.2, -0.15) is 5.12 Å². The molecule has 1 aliphatic heterocycles. The van der Waals surface area contributed by atoms with Crippen molar-refractivity contribution < 1.29 is 9.47 Å². The summed E-state index contributed by atoms with van der Waals surface area (Å²) in [5.41, 5.74) is 10.6. The maximum absolute atomic E-state index is 6.16. The number of ether oxygens (including phenoxy) is 2. The van der Waals surface area contributed by atoms with Gasteiger partial charge in [0.1, 0.15) is 4.87 Å². The van der Waals surface area contributed by atoms with E-state index in [1.807, 2.05) is 25.3 Å². The maximum Gasteiger partial charge on any atom is 0.238 e. The molecule has 8 heteroatoms. The summed E-state index contributed by atoms with van der Waals surface area (Å²) in [4.78, 5) is -0.614. The van der Waals surface area contributed by atoms with Crippen LogP contribution in [0.3, 0.4) is 0 Å². The topological polar surface area (TPSA) is 72.1 Å². The zero-order valence-corrected chi connectivity index (χ0v) is 14.5. The van der Waals surface area contributed by atoms with E-state index in [1.54, 1.807) is 43.2 Å². The number of methoxy groups -OCH3 is 2. The van der Waals surface area contributed by atoms with Crippen molar-refractivity contribution in [3.63, 3.8) is 0 Å². The Morgan fingerprint density at radius 1 is 1.36 bits per heavy atom. The van der Waals surface area contributed by atoms with Gasteiger partial charge in [-0.25, -0.2) is 5.43 Å². The van der Waals surface area contributed by atoms with Gasteiger partial charge in [-0.05, 0) is 19.2 Å². The zero-order valence-electron chi connectivity index (χ0n) is 12.9. The summed E-state index contributed by atoms with van der Waals surface area (Å²) < 4.78 is 10.5. The summed E-state index contributed by atoms with van der Waals surface area (Å²) in [5, 5.41) is 6.59. The lowest BCUT2D eigenvalue weighted by Gasteiger charge is -2.40. The molecule has 0 amide bonds. The Kier molecular flexibility index (Phi) is 4.97. The lowest BCUT2D eigenvalue weighted by atomic mass is 10.1. The maximum atomic E-state index is 6.16. The summed E-state index contributed by atoms with van der Waals surface area (Å²) >= 11 is 7.72. The van der Waals surface area contributed by atoms with E-state index < -0.39 is 4.87 Å². The summed E-state index contributed by atoms with van der Waals surface area (Å²) in [7, 11) is 3.12. The van der Waals surface area contributed by atoms with Crippen LogP contribution in [0.1, 0.15) is 12.5 Å². The fourth-order valence-corrected chi connectivity index (χ4v) is 2.89. The Bertz CT molecular complexity index is 623. The van der Waals surface area contributed by atoms with Crippen LogP contribution in [-0.2, 0) is 14.3 Å². The van der Waals surface area contributed by atoms with Crippen molar-refractivity contribution in [1.29, 1.82) is 0 Å². The Hall–Kier alpha value is -1.73. The highest BCUT2D eigenvalue weighted by Crippen LogP contribution is 2.42. The molecule has 0 fully saturated rings. The quantitative estimate of drug-likeness (QED) is 0.820. The van der Waals surface area contributed by atoms with Crippen molar-refractivity contribution >= 4 is 34.9 Å². The number of nitrogens with zero attached hydrogens (tertiary/aromatic N) is 2. The van der Waals surface area contributed by atoms with Crippen LogP contribution in [0.5, 0.6) is 0 Å². The van der Waals surface area contributed by atoms with E-state index in [9.17, 15) is 0 Å². The van der Waals surface area contributed by atoms with Gasteiger partial charge in [-0.1, -0.05) is 23.7 Å². The molecule has 3 N–H and O–H groups in total. The van der Waals surface area contributed by atoms with Gasteiger partial charge in [-0.15, -0.1) is 16.9 Å². The van der Waals surface area contributed by atoms with E-state index in [-0.39, 0.29) is 0 Å². The standard InChI is InChI=1S/C14H19ClN4O2S/c1-14(22-4,9-6-5-7-10(15)13(9)16)19-17-11(20-2)8-12(18-19)21-3/h5-8,17H,16H2,1-4H3. The predicted molar refractivity (Wildman–Crippen MR) is 91.2 cm³/mol. The highest BCUT2D eigenvalue weighted by atomic mass is 35.5. The minimum atomic E-state index is -0.614. The summed E-state index contributed by atoms with van der Waals surface area (Å²) in [5.74, 6) is 0.948. The smallest absolute Gasteiger partial charge is 0.238 e. The summed E-state index contributed by atoms with van der Waals surface area (Å²) in [6, 6.07) is 5.54. The first kappa shape index (κ1) is 16.6. The van der Waals surface area contributed by atoms with Crippen molar-refractivity contribution in [1.82, 2.24) is 10.5 Å². The Balaban J connectivity index is 2.48. The molecule has 1 unspecified atom stereocenters. The molecule has 22 heavy (non-hydrogen) atoms. The third-order valence-corrected chi connectivity index (χ3v) is 4.97. The Labute approximate surface area is 139 Å². The molecule has 0 aromatic heterocycles. The monoisotopic (exact) mass is 342 g/mol. The highest BCUT2D eigenvalue weighted by Gasteiger charge is 2.37. The largest absolute Gasteiger partial charge is 0.481 e. The third kappa shape index (κ3) is 2.91. The minimum absolute atomic E-state index is 0.427. The molecule has 1 atom stereocenters. The number of nitrogen functional groups attached to an aromatic ring is 1. The number of halogens is 1. The van der Waals surface area contributed by atoms with E-state index >= 15 is 0 Å². The van der Waals surface area contributed by atoms with Crippen LogP contribution in [0.2, 0.25) is 5.02 Å². The van der Waals surface area contributed by atoms with Gasteiger partial charge in [0.25, 0.3) is 0 Å². The fraction of sp³-hybridized carbons (Fsp3) is 0.357. The van der Waals surface area contributed by atoms with E-state index in [0.29, 0.717) is 22.5 Å². The van der Waals surface area contributed by atoms with E-state index in [1.165, 1.54) is 0 Å². The molecular formula is C14H19ClN4O2S. The first-order chi connectivity index (χ1) is 10.5. The molecule has 1 heterocycles. The van der Waals surface area contributed by atoms with Crippen LogP contribution in [0.25, 0.3) is 0 Å². The first-order valence-electron chi connectivity index (χ1n) is 6.51. The van der Waals surface area contributed by atoms with Crippen LogP contribution in [-0.4, -0.2) is 31.5 Å². The van der Waals surface area contributed by atoms with Crippen LogP contribution in [0.4, 0.5) is 5.69 Å². The average molecular weight is 343 g/mol. The first-order valence-corrected chi connectivity index (χ1v) is 8.11. The van der Waals surface area contributed by atoms with Crippen molar-refractivity contribution in [3.05, 3.63) is 40.7 Å². The number of hydrazone groups is 1. The van der Waals surface area contributed by atoms with Gasteiger partial charge in [-0.3, -0.25) is 0 Å². The molecule has 1 aliphatic rings. The molecule has 0 aliphatic carbocycles. The van der Waals surface area contributed by atoms with Gasteiger partial charge in [0.05, 0.1) is 31.0 Å². The van der Waals surface area contributed by atoms with Crippen LogP contribution in [0.15, 0.2) is 35.3 Å². The number of hydrogen-bond acceptors (Lipinski definition) is 7. The van der Waals surface area contributed by atoms with Crippen molar-refractivity contribution in [2.45, 2.75) is 11.8 Å². The normalized spacial score (nSPS) is 17.0. The molecule has 1 aromatic carbocycles. The molecular weight excluding hydrogens is 324 g/mol. The van der Waals surface area contributed by atoms with Gasteiger partial charge in [0.15, 0.2) is 0 Å². The van der Waals surface area contributed by atoms with Crippen LogP contribution in [0, 0.1) is 0 Å². The predicted octanol–water partition coefficient (Wildman–Crippen LogP) is 2.73. The average Bonchev–Trinajstić information content (AvgIpc) is 2.56. The van der Waals surface area contributed by atoms with Gasteiger partial charge >= 0.3 is 0 Å². The molecule has 0 spiro atoms. The zero-order chi connectivity index (χ0) is 16.3. The second kappa shape index (κ2) is 6.58. The fourth-order valence-electron chi connectivity index (χ4n) is 2.06. The van der Waals surface area contributed by atoms with Gasteiger partial charge < -0.3 is 15.2 Å². The number of hydrazine groups is 1. The summed E-state index contributed by atoms with van der Waals surface area (Å²) in [6.45, 7) is 1.99. The lowest BCUT2D eigenvalue weighted by molar-refractivity contribution is 0.0799.